The van der Waals surface area contributed by atoms with E-state index in [1.165, 1.54) is 6.07 Å². The van der Waals surface area contributed by atoms with E-state index in [1.807, 2.05) is 59.6 Å². The second-order valence-electron chi connectivity index (χ2n) is 9.73. The molecule has 1 N–H and O–H groups in total. The number of rotatable bonds is 7. The number of thioether (sulfide) groups is 1. The second kappa shape index (κ2) is 11.6. The summed E-state index contributed by atoms with van der Waals surface area (Å²) in [4.78, 5) is 34.2. The van der Waals surface area contributed by atoms with E-state index >= 15 is 0 Å². The van der Waals surface area contributed by atoms with Gasteiger partial charge in [-0.1, -0.05) is 36.4 Å². The molecule has 0 bridgehead atoms. The molecule has 2 aromatic carbocycles. The Morgan fingerprint density at radius 3 is 2.69 bits per heavy atom. The van der Waals surface area contributed by atoms with Crippen molar-refractivity contribution in [2.24, 2.45) is 0 Å². The monoisotopic (exact) mass is 542 g/mol. The van der Waals surface area contributed by atoms with E-state index in [-0.39, 0.29) is 22.8 Å². The molecule has 2 aliphatic rings. The number of carbonyl (C=O) groups is 1. The van der Waals surface area contributed by atoms with Crippen LogP contribution in [-0.4, -0.2) is 71.8 Å². The molecule has 8 nitrogen and oxygen atoms in total. The van der Waals surface area contributed by atoms with Crippen LogP contribution in [0.25, 0.3) is 22.3 Å². The van der Waals surface area contributed by atoms with Crippen LogP contribution in [0.3, 0.4) is 0 Å². The van der Waals surface area contributed by atoms with Crippen LogP contribution in [-0.2, 0) is 4.79 Å². The first-order valence-corrected chi connectivity index (χ1v) is 14.2. The fourth-order valence-electron chi connectivity index (χ4n) is 5.01. The fourth-order valence-corrected chi connectivity index (χ4v) is 6.23. The molecular weight excluding hydrogens is 512 g/mol. The average Bonchev–Trinajstić information content (AvgIpc) is 3.48. The lowest BCUT2D eigenvalue weighted by Gasteiger charge is -2.35. The molecule has 1 amide bonds. The van der Waals surface area contributed by atoms with E-state index < -0.39 is 0 Å². The molecule has 2 fully saturated rings. The predicted molar refractivity (Wildman–Crippen MR) is 153 cm³/mol. The quantitative estimate of drug-likeness (QED) is 0.378. The maximum atomic E-state index is 13.1. The summed E-state index contributed by atoms with van der Waals surface area (Å²) in [6.07, 6.45) is 3.62. The molecule has 0 spiro atoms. The Morgan fingerprint density at radius 1 is 1.05 bits per heavy atom. The van der Waals surface area contributed by atoms with Gasteiger partial charge in [-0.05, 0) is 23.8 Å². The SMILES string of the molecule is O=C([C@@H]1CSC(c2cccnc2)N1)N1CCN(CCOc2ccc3c(=O)cc(-c4ccccc4)oc3c2)CC1. The van der Waals surface area contributed by atoms with Gasteiger partial charge in [0.05, 0.1) is 16.8 Å². The smallest absolute Gasteiger partial charge is 0.240 e. The Labute approximate surface area is 231 Å². The number of fused-ring (bicyclic) bond motifs is 1. The van der Waals surface area contributed by atoms with Crippen molar-refractivity contribution >= 4 is 28.6 Å². The van der Waals surface area contributed by atoms with Gasteiger partial charge in [0.15, 0.2) is 5.43 Å². The average molecular weight is 543 g/mol. The highest BCUT2D eigenvalue weighted by atomic mass is 32.2. The molecule has 9 heteroatoms. The van der Waals surface area contributed by atoms with E-state index in [2.05, 4.69) is 15.2 Å². The summed E-state index contributed by atoms with van der Waals surface area (Å²) >= 11 is 1.76. The van der Waals surface area contributed by atoms with Gasteiger partial charge in [0, 0.05) is 68.6 Å². The van der Waals surface area contributed by atoms with Crippen molar-refractivity contribution in [3.63, 3.8) is 0 Å². The molecule has 1 unspecified atom stereocenters. The number of pyridine rings is 1. The molecule has 2 aliphatic heterocycles. The first-order chi connectivity index (χ1) is 19.1. The Bertz CT molecular complexity index is 1490. The zero-order valence-corrected chi connectivity index (χ0v) is 22.3. The number of piperazine rings is 1. The fraction of sp³-hybridized carbons (Fsp3) is 0.300. The summed E-state index contributed by atoms with van der Waals surface area (Å²) in [6, 6.07) is 20.3. The Morgan fingerprint density at radius 2 is 1.90 bits per heavy atom. The molecule has 4 aromatic rings. The molecule has 0 radical (unpaired) electrons. The molecule has 0 saturated carbocycles. The van der Waals surface area contributed by atoms with Gasteiger partial charge in [-0.2, -0.15) is 0 Å². The third-order valence-corrected chi connectivity index (χ3v) is 8.45. The van der Waals surface area contributed by atoms with Crippen LogP contribution in [0.15, 0.2) is 88.3 Å². The van der Waals surface area contributed by atoms with Crippen molar-refractivity contribution in [2.75, 3.05) is 45.1 Å². The van der Waals surface area contributed by atoms with Crippen molar-refractivity contribution in [1.82, 2.24) is 20.1 Å². The first kappa shape index (κ1) is 25.6. The lowest BCUT2D eigenvalue weighted by molar-refractivity contribution is -0.134. The van der Waals surface area contributed by atoms with E-state index in [9.17, 15) is 9.59 Å². The van der Waals surface area contributed by atoms with Crippen LogP contribution in [0, 0.1) is 0 Å². The van der Waals surface area contributed by atoms with Gasteiger partial charge in [-0.25, -0.2) is 0 Å². The number of hydrogen-bond acceptors (Lipinski definition) is 8. The van der Waals surface area contributed by atoms with Gasteiger partial charge >= 0.3 is 0 Å². The zero-order chi connectivity index (χ0) is 26.6. The predicted octanol–water partition coefficient (Wildman–Crippen LogP) is 3.78. The largest absolute Gasteiger partial charge is 0.492 e. The highest BCUT2D eigenvalue weighted by molar-refractivity contribution is 7.99. The van der Waals surface area contributed by atoms with Crippen molar-refractivity contribution in [3.05, 3.63) is 94.9 Å². The molecular formula is C30H30N4O4S. The summed E-state index contributed by atoms with van der Waals surface area (Å²) in [7, 11) is 0. The number of amides is 1. The Hall–Kier alpha value is -3.66. The van der Waals surface area contributed by atoms with Crippen LogP contribution in [0.4, 0.5) is 0 Å². The lowest BCUT2D eigenvalue weighted by atomic mass is 10.1. The minimum atomic E-state index is -0.162. The molecule has 2 saturated heterocycles. The lowest BCUT2D eigenvalue weighted by Crippen LogP contribution is -2.54. The van der Waals surface area contributed by atoms with Gasteiger partial charge in [-0.3, -0.25) is 24.8 Å². The van der Waals surface area contributed by atoms with Gasteiger partial charge in [0.25, 0.3) is 0 Å². The number of benzene rings is 2. The second-order valence-corrected chi connectivity index (χ2v) is 10.9. The topological polar surface area (TPSA) is 87.9 Å². The minimum Gasteiger partial charge on any atom is -0.492 e. The number of hydrogen-bond donors (Lipinski definition) is 1. The normalized spacial score (nSPS) is 19.8. The summed E-state index contributed by atoms with van der Waals surface area (Å²) < 4.78 is 12.0. The first-order valence-electron chi connectivity index (χ1n) is 13.2. The Kier molecular flexibility index (Phi) is 7.62. The van der Waals surface area contributed by atoms with E-state index in [1.54, 1.807) is 30.1 Å². The maximum Gasteiger partial charge on any atom is 0.240 e. The van der Waals surface area contributed by atoms with Crippen LogP contribution < -0.4 is 15.5 Å². The Balaban J connectivity index is 0.991. The van der Waals surface area contributed by atoms with Crippen LogP contribution in [0.1, 0.15) is 10.9 Å². The third-order valence-electron chi connectivity index (χ3n) is 7.19. The zero-order valence-electron chi connectivity index (χ0n) is 21.5. The van der Waals surface area contributed by atoms with Crippen molar-refractivity contribution in [1.29, 1.82) is 0 Å². The molecule has 200 valence electrons. The van der Waals surface area contributed by atoms with Gasteiger partial charge in [-0.15, -0.1) is 11.8 Å². The minimum absolute atomic E-state index is 0.0759. The van der Waals surface area contributed by atoms with Gasteiger partial charge in [0.1, 0.15) is 23.7 Å². The summed E-state index contributed by atoms with van der Waals surface area (Å²) in [6.45, 7) is 4.32. The number of ether oxygens (including phenoxy) is 1. The molecule has 6 rings (SSSR count). The molecule has 2 aromatic heterocycles. The van der Waals surface area contributed by atoms with Crippen LogP contribution >= 0.6 is 11.8 Å². The summed E-state index contributed by atoms with van der Waals surface area (Å²) in [5.74, 6) is 2.15. The van der Waals surface area contributed by atoms with Crippen molar-refractivity contribution in [3.8, 4) is 17.1 Å². The number of nitrogens with zero attached hydrogens (tertiary/aromatic N) is 3. The maximum absolute atomic E-state index is 13.1. The summed E-state index contributed by atoms with van der Waals surface area (Å²) in [5, 5.41) is 4.11. The van der Waals surface area contributed by atoms with Crippen LogP contribution in [0.2, 0.25) is 0 Å². The molecule has 4 heterocycles. The number of aromatic nitrogens is 1. The third kappa shape index (κ3) is 5.85. The van der Waals surface area contributed by atoms with E-state index in [4.69, 9.17) is 9.15 Å². The van der Waals surface area contributed by atoms with E-state index in [0.29, 0.717) is 42.2 Å². The van der Waals surface area contributed by atoms with Crippen molar-refractivity contribution < 1.29 is 13.9 Å². The van der Waals surface area contributed by atoms with Gasteiger partial charge in [0.2, 0.25) is 5.91 Å². The molecule has 39 heavy (non-hydrogen) atoms. The highest BCUT2D eigenvalue weighted by Crippen LogP contribution is 2.33. The van der Waals surface area contributed by atoms with Gasteiger partial charge < -0.3 is 14.1 Å². The molecule has 0 aliphatic carbocycles. The standard InChI is InChI=1S/C30H30N4O4S/c35-26-18-27(21-5-2-1-3-6-21)38-28-17-23(8-9-24(26)28)37-16-15-33-11-13-34(14-12-33)30(36)25-20-39-29(32-25)22-7-4-10-31-19-22/h1-10,17-19,25,29,32H,11-16,20H2/t25-,29?/m0/s1. The number of nitrogens with one attached hydrogen (secondary N) is 1. The molecule has 2 atom stereocenters. The summed E-state index contributed by atoms with van der Waals surface area (Å²) in [5.41, 5.74) is 2.40. The van der Waals surface area contributed by atoms with Crippen molar-refractivity contribution in [2.45, 2.75) is 11.4 Å². The van der Waals surface area contributed by atoms with Crippen LogP contribution in [0.5, 0.6) is 5.75 Å². The number of carbonyl (C=O) groups excluding carboxylic acids is 1. The highest BCUT2D eigenvalue weighted by Gasteiger charge is 2.34. The van der Waals surface area contributed by atoms with E-state index in [0.717, 1.165) is 36.5 Å².